The predicted molar refractivity (Wildman–Crippen MR) is 82.2 cm³/mol. The summed E-state index contributed by atoms with van der Waals surface area (Å²) in [7, 11) is 2.20. The van der Waals surface area contributed by atoms with Crippen molar-refractivity contribution in [3.8, 4) is 0 Å². The number of hydrogen-bond acceptors (Lipinski definition) is 2. The Bertz CT molecular complexity index is 436. The van der Waals surface area contributed by atoms with Crippen molar-refractivity contribution in [2.75, 3.05) is 25.5 Å². The molecule has 19 heavy (non-hydrogen) atoms. The van der Waals surface area contributed by atoms with Gasteiger partial charge in [0.1, 0.15) is 5.82 Å². The lowest BCUT2D eigenvalue weighted by Crippen LogP contribution is -2.37. The highest BCUT2D eigenvalue weighted by Gasteiger charge is 2.18. The van der Waals surface area contributed by atoms with Crippen LogP contribution in [0.1, 0.15) is 31.2 Å². The first-order chi connectivity index (χ1) is 9.08. The molecule has 1 atom stereocenters. The van der Waals surface area contributed by atoms with Gasteiger partial charge in [0.15, 0.2) is 0 Å². The van der Waals surface area contributed by atoms with E-state index in [9.17, 15) is 4.39 Å². The Hall–Kier alpha value is -0.610. The number of benzene rings is 1. The molecule has 1 unspecified atom stereocenters. The van der Waals surface area contributed by atoms with Crippen LogP contribution in [0.3, 0.4) is 0 Å². The van der Waals surface area contributed by atoms with E-state index in [1.165, 1.54) is 25.8 Å². The van der Waals surface area contributed by atoms with Gasteiger partial charge >= 0.3 is 0 Å². The number of nitrogens with one attached hydrogen (secondary N) is 1. The first kappa shape index (κ1) is 14.8. The zero-order valence-electron chi connectivity index (χ0n) is 11.7. The summed E-state index contributed by atoms with van der Waals surface area (Å²) < 4.78 is 14.0. The fourth-order valence-corrected chi connectivity index (χ4v) is 3.18. The Balaban J connectivity index is 1.87. The Kier molecular flexibility index (Phi) is 5.22. The molecular weight excluding hydrogens is 307 g/mol. The lowest BCUT2D eigenvalue weighted by atomic mass is 10.00. The molecule has 1 aromatic rings. The Morgan fingerprint density at radius 2 is 2.21 bits per heavy atom. The van der Waals surface area contributed by atoms with Crippen molar-refractivity contribution < 1.29 is 4.39 Å². The van der Waals surface area contributed by atoms with Gasteiger partial charge < -0.3 is 10.2 Å². The van der Waals surface area contributed by atoms with Crippen molar-refractivity contribution in [3.63, 3.8) is 0 Å². The average molecular weight is 329 g/mol. The fourth-order valence-electron chi connectivity index (χ4n) is 2.72. The molecule has 1 aliphatic rings. The number of aryl methyl sites for hydroxylation is 1. The van der Waals surface area contributed by atoms with Crippen molar-refractivity contribution in [2.45, 2.75) is 38.6 Å². The molecule has 1 aromatic carbocycles. The second-order valence-corrected chi connectivity index (χ2v) is 6.28. The van der Waals surface area contributed by atoms with Gasteiger partial charge in [-0.25, -0.2) is 4.39 Å². The summed E-state index contributed by atoms with van der Waals surface area (Å²) in [5.74, 6) is -0.206. The maximum Gasteiger partial charge on any atom is 0.139 e. The van der Waals surface area contributed by atoms with Crippen LogP contribution in [0.15, 0.2) is 16.6 Å². The molecule has 0 amide bonds. The van der Waals surface area contributed by atoms with Gasteiger partial charge in [-0.1, -0.05) is 6.42 Å². The molecule has 2 rings (SSSR count). The minimum absolute atomic E-state index is 0.206. The highest BCUT2D eigenvalue weighted by atomic mass is 79.9. The van der Waals surface area contributed by atoms with Crippen LogP contribution in [-0.2, 0) is 0 Å². The largest absolute Gasteiger partial charge is 0.385 e. The summed E-state index contributed by atoms with van der Waals surface area (Å²) in [4.78, 5) is 2.44. The van der Waals surface area contributed by atoms with Gasteiger partial charge in [0.2, 0.25) is 0 Å². The quantitative estimate of drug-likeness (QED) is 0.891. The average Bonchev–Trinajstić information content (AvgIpc) is 2.38. The van der Waals surface area contributed by atoms with E-state index in [2.05, 4.69) is 33.2 Å². The Morgan fingerprint density at radius 1 is 1.42 bits per heavy atom. The van der Waals surface area contributed by atoms with Crippen LogP contribution in [0, 0.1) is 12.7 Å². The van der Waals surface area contributed by atoms with Crippen LogP contribution in [0.2, 0.25) is 0 Å². The van der Waals surface area contributed by atoms with E-state index in [0.717, 1.165) is 24.2 Å². The van der Waals surface area contributed by atoms with Gasteiger partial charge in [-0.2, -0.15) is 0 Å². The highest BCUT2D eigenvalue weighted by Crippen LogP contribution is 2.24. The molecule has 1 saturated heterocycles. The predicted octanol–water partition coefficient (Wildman–Crippen LogP) is 4.18. The summed E-state index contributed by atoms with van der Waals surface area (Å²) in [5.41, 5.74) is 1.98. The van der Waals surface area contributed by atoms with Crippen LogP contribution in [-0.4, -0.2) is 31.1 Å². The standard InChI is InChI=1S/C15H22BrFN2/c1-11-9-13(16)14(17)10-15(11)18-7-6-12-5-3-4-8-19(12)2/h9-10,12,18H,3-8H2,1-2H3. The third-order valence-electron chi connectivity index (χ3n) is 3.98. The van der Waals surface area contributed by atoms with E-state index in [0.29, 0.717) is 10.5 Å². The molecule has 2 nitrogen and oxygen atoms in total. The number of nitrogens with zero attached hydrogens (tertiary/aromatic N) is 1. The summed E-state index contributed by atoms with van der Waals surface area (Å²) in [5, 5.41) is 3.36. The molecule has 1 N–H and O–H groups in total. The van der Waals surface area contributed by atoms with Crippen LogP contribution in [0.25, 0.3) is 0 Å². The number of halogens is 2. The maximum atomic E-state index is 13.5. The van der Waals surface area contributed by atoms with Crippen molar-refractivity contribution in [2.24, 2.45) is 0 Å². The maximum absolute atomic E-state index is 13.5. The Morgan fingerprint density at radius 3 is 2.95 bits per heavy atom. The molecule has 0 saturated carbocycles. The van der Waals surface area contributed by atoms with Gasteiger partial charge in [0, 0.05) is 18.3 Å². The van der Waals surface area contributed by atoms with E-state index >= 15 is 0 Å². The molecule has 1 heterocycles. The molecule has 0 spiro atoms. The van der Waals surface area contributed by atoms with E-state index in [4.69, 9.17) is 0 Å². The van der Waals surface area contributed by atoms with Gasteiger partial charge in [-0.15, -0.1) is 0 Å². The van der Waals surface area contributed by atoms with Gasteiger partial charge in [-0.3, -0.25) is 0 Å². The zero-order valence-corrected chi connectivity index (χ0v) is 13.3. The van der Waals surface area contributed by atoms with E-state index in [-0.39, 0.29) is 5.82 Å². The van der Waals surface area contributed by atoms with Crippen LogP contribution in [0.4, 0.5) is 10.1 Å². The normalized spacial score (nSPS) is 20.5. The summed E-state index contributed by atoms with van der Waals surface area (Å²) in [6, 6.07) is 4.07. The molecule has 1 aliphatic heterocycles. The SMILES string of the molecule is Cc1cc(Br)c(F)cc1NCCC1CCCCN1C. The topological polar surface area (TPSA) is 15.3 Å². The summed E-state index contributed by atoms with van der Waals surface area (Å²) in [6.45, 7) is 4.10. The smallest absolute Gasteiger partial charge is 0.139 e. The lowest BCUT2D eigenvalue weighted by Gasteiger charge is -2.32. The minimum atomic E-state index is -0.206. The van der Waals surface area contributed by atoms with Crippen molar-refractivity contribution >= 4 is 21.6 Å². The van der Waals surface area contributed by atoms with Crippen LogP contribution >= 0.6 is 15.9 Å². The molecule has 0 aliphatic carbocycles. The third-order valence-corrected chi connectivity index (χ3v) is 4.59. The second-order valence-electron chi connectivity index (χ2n) is 5.43. The van der Waals surface area contributed by atoms with Gasteiger partial charge in [0.25, 0.3) is 0 Å². The molecule has 106 valence electrons. The molecule has 0 bridgehead atoms. The zero-order chi connectivity index (χ0) is 13.8. The molecule has 4 heteroatoms. The van der Waals surface area contributed by atoms with Crippen molar-refractivity contribution in [1.29, 1.82) is 0 Å². The Labute approximate surface area is 123 Å². The minimum Gasteiger partial charge on any atom is -0.385 e. The van der Waals surface area contributed by atoms with Crippen molar-refractivity contribution in [1.82, 2.24) is 4.90 Å². The monoisotopic (exact) mass is 328 g/mol. The first-order valence-electron chi connectivity index (χ1n) is 6.97. The second kappa shape index (κ2) is 6.71. The van der Waals surface area contributed by atoms with Crippen molar-refractivity contribution in [3.05, 3.63) is 28.0 Å². The lowest BCUT2D eigenvalue weighted by molar-refractivity contribution is 0.179. The van der Waals surface area contributed by atoms with E-state index in [1.54, 1.807) is 6.07 Å². The number of likely N-dealkylation sites (tertiary alicyclic amines) is 1. The highest BCUT2D eigenvalue weighted by molar-refractivity contribution is 9.10. The molecule has 0 radical (unpaired) electrons. The molecule has 0 aromatic heterocycles. The van der Waals surface area contributed by atoms with Gasteiger partial charge in [0.05, 0.1) is 4.47 Å². The summed E-state index contributed by atoms with van der Waals surface area (Å²) >= 11 is 3.21. The van der Waals surface area contributed by atoms with Gasteiger partial charge in [-0.05, 0) is 73.4 Å². The van der Waals surface area contributed by atoms with Crippen LogP contribution < -0.4 is 5.32 Å². The third kappa shape index (κ3) is 3.93. The number of piperidine rings is 1. The van der Waals surface area contributed by atoms with Crippen LogP contribution in [0.5, 0.6) is 0 Å². The summed E-state index contributed by atoms with van der Waals surface area (Å²) in [6.07, 6.45) is 5.05. The first-order valence-corrected chi connectivity index (χ1v) is 7.77. The number of anilines is 1. The van der Waals surface area contributed by atoms with E-state index in [1.807, 2.05) is 13.0 Å². The molecular formula is C15H22BrFN2. The number of rotatable bonds is 4. The fraction of sp³-hybridized carbons (Fsp3) is 0.600. The van der Waals surface area contributed by atoms with E-state index < -0.39 is 0 Å². The number of hydrogen-bond donors (Lipinski definition) is 1. The molecule has 1 fully saturated rings.